The lowest BCUT2D eigenvalue weighted by Crippen LogP contribution is -2.54. The first kappa shape index (κ1) is 41.2. The number of amides is 4. The molecule has 1 saturated heterocycles. The third kappa shape index (κ3) is 9.69. The maximum Gasteiger partial charge on any atom is 0.423 e. The summed E-state index contributed by atoms with van der Waals surface area (Å²) in [6, 6.07) is 8.36. The van der Waals surface area contributed by atoms with Crippen molar-refractivity contribution >= 4 is 47.3 Å². The Morgan fingerprint density at radius 3 is 2.02 bits per heavy atom. The molecule has 54 heavy (non-hydrogen) atoms. The number of likely N-dealkylation sites (N-methyl/N-ethyl adjacent to an activating group) is 1. The van der Waals surface area contributed by atoms with Crippen LogP contribution in [-0.2, 0) is 9.47 Å². The average Bonchev–Trinajstić information content (AvgIpc) is 3.09. The summed E-state index contributed by atoms with van der Waals surface area (Å²) in [5.41, 5.74) is -3.32. The molecule has 0 bridgehead atoms. The van der Waals surface area contributed by atoms with Gasteiger partial charge in [0.15, 0.2) is 5.66 Å². The molecule has 0 aliphatic carbocycles. The number of carbonyl (C=O) groups is 3. The number of nitrogens with one attached hydrogen (secondary N) is 1. The van der Waals surface area contributed by atoms with Crippen LogP contribution in [0.5, 0.6) is 11.5 Å². The van der Waals surface area contributed by atoms with Crippen LogP contribution >= 0.6 is 0 Å². The third-order valence-electron chi connectivity index (χ3n) is 8.57. The minimum Gasteiger partial charge on any atom is -0.497 e. The third-order valence-corrected chi connectivity index (χ3v) is 8.57. The lowest BCUT2D eigenvalue weighted by molar-refractivity contribution is -0.384. The molecular formula is C37H52N8O9. The Kier molecular flexibility index (Phi) is 12.4. The van der Waals surface area contributed by atoms with Gasteiger partial charge in [-0.1, -0.05) is 6.92 Å². The van der Waals surface area contributed by atoms with Crippen molar-refractivity contribution in [3.05, 3.63) is 58.4 Å². The maximum atomic E-state index is 14.4. The molecular weight excluding hydrogens is 700 g/mol. The van der Waals surface area contributed by atoms with Gasteiger partial charge < -0.3 is 34.1 Å². The van der Waals surface area contributed by atoms with Crippen LogP contribution in [0.1, 0.15) is 55.4 Å². The Hall–Kier alpha value is -5.58. The molecule has 1 N–H and O–H groups in total. The number of nitro benzene ring substituents is 1. The number of hydrogen-bond acceptors (Lipinski definition) is 13. The van der Waals surface area contributed by atoms with Crippen molar-refractivity contribution in [2.24, 2.45) is 4.99 Å². The Morgan fingerprint density at radius 1 is 0.926 bits per heavy atom. The number of nitrogens with zero attached hydrogens (tertiary/aromatic N) is 7. The molecule has 4 rings (SSSR count). The predicted octanol–water partition coefficient (Wildman–Crippen LogP) is 6.18. The van der Waals surface area contributed by atoms with Gasteiger partial charge in [0.2, 0.25) is 0 Å². The van der Waals surface area contributed by atoms with E-state index in [0.717, 1.165) is 34.3 Å². The van der Waals surface area contributed by atoms with Gasteiger partial charge in [0.25, 0.3) is 5.69 Å². The van der Waals surface area contributed by atoms with E-state index in [9.17, 15) is 24.5 Å². The molecule has 17 nitrogen and oxygen atoms in total. The first-order valence-corrected chi connectivity index (χ1v) is 17.6. The fourth-order valence-corrected chi connectivity index (χ4v) is 5.86. The number of piperazine rings is 1. The minimum absolute atomic E-state index is 0.0739. The Labute approximate surface area is 316 Å². The summed E-state index contributed by atoms with van der Waals surface area (Å²) >= 11 is 0. The highest BCUT2D eigenvalue weighted by Crippen LogP contribution is 2.40. The highest BCUT2D eigenvalue weighted by Gasteiger charge is 2.43. The van der Waals surface area contributed by atoms with Gasteiger partial charge in [0, 0.05) is 69.3 Å². The molecule has 2 aliphatic rings. The van der Waals surface area contributed by atoms with E-state index < -0.39 is 40.0 Å². The van der Waals surface area contributed by atoms with Crippen molar-refractivity contribution in [3.63, 3.8) is 0 Å². The van der Waals surface area contributed by atoms with Gasteiger partial charge in [0.05, 0.1) is 31.2 Å². The zero-order valence-electron chi connectivity index (χ0n) is 33.0. The monoisotopic (exact) mass is 752 g/mol. The summed E-state index contributed by atoms with van der Waals surface area (Å²) in [6.45, 7) is 17.6. The van der Waals surface area contributed by atoms with Crippen LogP contribution < -0.4 is 29.5 Å². The quantitative estimate of drug-likeness (QED) is 0.228. The number of ether oxygens (including phenoxy) is 4. The van der Waals surface area contributed by atoms with E-state index in [4.69, 9.17) is 18.9 Å². The number of benzene rings is 2. The van der Waals surface area contributed by atoms with Crippen LogP contribution in [0.4, 0.5) is 37.1 Å². The number of nitro groups is 1. The zero-order valence-corrected chi connectivity index (χ0v) is 33.0. The van der Waals surface area contributed by atoms with Crippen LogP contribution in [0.25, 0.3) is 0 Å². The van der Waals surface area contributed by atoms with Crippen molar-refractivity contribution in [2.75, 3.05) is 68.7 Å². The van der Waals surface area contributed by atoms with Gasteiger partial charge in [-0.2, -0.15) is 4.90 Å². The number of carbonyl (C=O) groups excluding carboxylic acids is 3. The van der Waals surface area contributed by atoms with Gasteiger partial charge in [-0.15, -0.1) is 0 Å². The first-order valence-electron chi connectivity index (χ1n) is 17.6. The van der Waals surface area contributed by atoms with Crippen molar-refractivity contribution in [2.45, 2.75) is 72.3 Å². The van der Waals surface area contributed by atoms with Gasteiger partial charge >= 0.3 is 18.2 Å². The molecule has 2 aromatic carbocycles. The molecule has 1 unspecified atom stereocenters. The number of rotatable bonds is 9. The Balaban J connectivity index is 1.81. The van der Waals surface area contributed by atoms with Gasteiger partial charge in [-0.3, -0.25) is 15.0 Å². The maximum absolute atomic E-state index is 14.4. The first-order chi connectivity index (χ1) is 25.2. The van der Waals surface area contributed by atoms with Gasteiger partial charge in [0.1, 0.15) is 34.2 Å². The Bertz CT molecular complexity index is 1770. The lowest BCUT2D eigenvalue weighted by atomic mass is 10.1. The van der Waals surface area contributed by atoms with Crippen LogP contribution in [0, 0.1) is 10.1 Å². The van der Waals surface area contributed by atoms with Crippen molar-refractivity contribution < 1.29 is 38.3 Å². The molecule has 1 fully saturated rings. The molecule has 17 heteroatoms. The fraction of sp³-hybridized carbons (Fsp3) is 0.514. The number of aliphatic imine (C=N–C) groups is 1. The lowest BCUT2D eigenvalue weighted by Gasteiger charge is -2.40. The normalized spacial score (nSPS) is 17.5. The van der Waals surface area contributed by atoms with Crippen LogP contribution in [0.3, 0.4) is 0 Å². The highest BCUT2D eigenvalue weighted by molar-refractivity contribution is 6.12. The molecule has 294 valence electrons. The Morgan fingerprint density at radius 2 is 1.50 bits per heavy atom. The van der Waals surface area contributed by atoms with E-state index in [-0.39, 0.29) is 22.9 Å². The van der Waals surface area contributed by atoms with Crippen molar-refractivity contribution in [3.8, 4) is 11.5 Å². The predicted molar refractivity (Wildman–Crippen MR) is 206 cm³/mol. The highest BCUT2D eigenvalue weighted by atomic mass is 16.6. The standard InChI is InChI=1S/C37H52N8O9/c1-12-41-15-17-42(18-16-41)25-13-14-29(30(21-25)45(49)50)44(34(48)54-36(5,6)7)37(8)23-31(38-24-39-37)40(9)32(46)43(33(47)53-35(2,3)4)26-19-27(51-10)22-28(20-26)52-11/h13-14,19-24H,12,15-18H2,1-11H3,(H,38,39). The summed E-state index contributed by atoms with van der Waals surface area (Å²) in [5, 5.41) is 15.6. The van der Waals surface area contributed by atoms with E-state index in [1.165, 1.54) is 57.9 Å². The average molecular weight is 753 g/mol. The summed E-state index contributed by atoms with van der Waals surface area (Å²) in [5.74, 6) is 0.710. The zero-order chi connectivity index (χ0) is 40.2. The second kappa shape index (κ2) is 16.2. The van der Waals surface area contributed by atoms with Crippen LogP contribution in [0.2, 0.25) is 0 Å². The van der Waals surface area contributed by atoms with Crippen LogP contribution in [-0.4, -0.2) is 110 Å². The van der Waals surface area contributed by atoms with Gasteiger partial charge in [-0.05, 0) is 67.1 Å². The second-order valence-corrected chi connectivity index (χ2v) is 14.9. The molecule has 1 atom stereocenters. The van der Waals surface area contributed by atoms with E-state index >= 15 is 0 Å². The summed E-state index contributed by atoms with van der Waals surface area (Å²) in [6.07, 6.45) is 0.802. The number of imide groups is 1. The van der Waals surface area contributed by atoms with E-state index in [0.29, 0.717) is 30.3 Å². The van der Waals surface area contributed by atoms with Crippen molar-refractivity contribution in [1.82, 2.24) is 15.1 Å². The number of anilines is 3. The van der Waals surface area contributed by atoms with E-state index in [1.54, 1.807) is 60.6 Å². The SMILES string of the molecule is CCN1CCN(c2ccc(N(C(=O)OC(C)(C)C)C3(C)C=C(N(C)C(=O)N(C(=O)OC(C)(C)C)c4cc(OC)cc(OC)c4)NC=N3)c([N+](=O)[O-])c2)CC1. The van der Waals surface area contributed by atoms with Crippen molar-refractivity contribution in [1.29, 1.82) is 0 Å². The summed E-state index contributed by atoms with van der Waals surface area (Å²) < 4.78 is 22.2. The molecule has 0 aromatic heterocycles. The second-order valence-electron chi connectivity index (χ2n) is 14.9. The minimum atomic E-state index is -1.69. The number of methoxy groups -OCH3 is 2. The molecule has 0 radical (unpaired) electrons. The van der Waals surface area contributed by atoms with E-state index in [2.05, 4.69) is 27.0 Å². The molecule has 2 heterocycles. The number of hydrogen-bond donors (Lipinski definition) is 1. The topological polar surface area (TPSA) is 172 Å². The molecule has 2 aromatic rings. The molecule has 4 amide bonds. The smallest absolute Gasteiger partial charge is 0.423 e. The van der Waals surface area contributed by atoms with E-state index in [1.807, 2.05) is 0 Å². The van der Waals surface area contributed by atoms with Crippen LogP contribution in [0.15, 0.2) is 53.3 Å². The largest absolute Gasteiger partial charge is 0.497 e. The molecule has 2 aliphatic heterocycles. The summed E-state index contributed by atoms with van der Waals surface area (Å²) in [7, 11) is 4.27. The number of urea groups is 1. The molecule has 0 saturated carbocycles. The fourth-order valence-electron chi connectivity index (χ4n) is 5.86. The summed E-state index contributed by atoms with van der Waals surface area (Å²) in [4.78, 5) is 66.2. The molecule has 0 spiro atoms. The van der Waals surface area contributed by atoms with Gasteiger partial charge in [-0.25, -0.2) is 24.3 Å².